The Morgan fingerprint density at radius 3 is 2.38 bits per heavy atom. The number of nitrogens with zero attached hydrogens (tertiary/aromatic N) is 4. The van der Waals surface area contributed by atoms with Crippen molar-refractivity contribution in [2.24, 2.45) is 0 Å². The maximum Gasteiger partial charge on any atom is 0.407 e. The molecule has 3 heterocycles. The number of imidazole rings is 1. The largest absolute Gasteiger partial charge is 0.479 e. The van der Waals surface area contributed by atoms with E-state index < -0.39 is 79.7 Å². The molecule has 19 nitrogen and oxygen atoms in total. The van der Waals surface area contributed by atoms with Gasteiger partial charge in [0.05, 0.1) is 39.4 Å². The lowest BCUT2D eigenvalue weighted by Crippen LogP contribution is -2.45. The van der Waals surface area contributed by atoms with Crippen LogP contribution in [0, 0.1) is 0 Å². The molecule has 1 fully saturated rings. The number of fused-ring (bicyclic) bond motifs is 1. The predicted octanol–water partition coefficient (Wildman–Crippen LogP) is 0.890. The zero-order valence-corrected chi connectivity index (χ0v) is 28.9. The first kappa shape index (κ1) is 38.2. The van der Waals surface area contributed by atoms with Gasteiger partial charge >= 0.3 is 24.8 Å². The van der Waals surface area contributed by atoms with Gasteiger partial charge in [-0.1, -0.05) is 11.4 Å². The molecule has 47 heavy (non-hydrogen) atoms. The van der Waals surface area contributed by atoms with Crippen molar-refractivity contribution in [2.45, 2.75) is 89.9 Å². The van der Waals surface area contributed by atoms with E-state index in [1.165, 1.54) is 31.9 Å². The summed E-state index contributed by atoms with van der Waals surface area (Å²) >= 11 is 0.579. The number of rotatable bonds is 15. The number of ether oxygens (including phenoxy) is 5. The van der Waals surface area contributed by atoms with Gasteiger partial charge in [-0.25, -0.2) is 19.7 Å². The molecule has 1 aliphatic rings. The number of hydrogen-bond acceptors (Lipinski definition) is 17. The summed E-state index contributed by atoms with van der Waals surface area (Å²) in [5.41, 5.74) is 4.22. The van der Waals surface area contributed by atoms with Crippen molar-refractivity contribution in [1.29, 1.82) is 0 Å². The number of nitrogens with one attached hydrogen (secondary N) is 2. The standard InChI is InChI=1S/C26H42N7O12PS/c1-12(2)43-21(35)14(5)32-46(39,47-10-15(29-25(37)41-8)22(36)44-13(3)4)42-9-16-18(34)26(6,38)23(45-16)33-11-28-17-19(33)30-24(27)31-20(17)40-7/h11-16,18,23,34,38H,9-10H2,1-8H3,(H,29,37)(H,32,39)(H2,27,30,31)/t14?,15?,16-,18-,23-,26-,46?/m1/s1. The monoisotopic (exact) mass is 707 g/mol. The van der Waals surface area contributed by atoms with Gasteiger partial charge in [-0.3, -0.25) is 13.9 Å². The van der Waals surface area contributed by atoms with Gasteiger partial charge in [-0.05, 0) is 41.5 Å². The van der Waals surface area contributed by atoms with Crippen molar-refractivity contribution in [2.75, 3.05) is 32.3 Å². The minimum absolute atomic E-state index is 0.0794. The lowest BCUT2D eigenvalue weighted by atomic mass is 9.96. The van der Waals surface area contributed by atoms with Crippen molar-refractivity contribution >= 4 is 53.2 Å². The van der Waals surface area contributed by atoms with Gasteiger partial charge in [0, 0.05) is 5.75 Å². The fourth-order valence-corrected chi connectivity index (χ4v) is 8.21. The lowest BCUT2D eigenvalue weighted by molar-refractivity contribution is -0.150. The fourth-order valence-electron chi connectivity index (χ4n) is 4.36. The van der Waals surface area contributed by atoms with Crippen LogP contribution in [0.25, 0.3) is 11.2 Å². The number of alkyl carbamates (subject to hydrolysis) is 1. The smallest absolute Gasteiger partial charge is 0.407 e. The number of methoxy groups -OCH3 is 2. The summed E-state index contributed by atoms with van der Waals surface area (Å²) in [6.45, 7) is 4.44. The molecular weight excluding hydrogens is 665 g/mol. The number of nitrogen functional groups attached to an aromatic ring is 1. The summed E-state index contributed by atoms with van der Waals surface area (Å²) in [4.78, 5) is 49.6. The first-order valence-electron chi connectivity index (χ1n) is 14.4. The molecule has 1 aliphatic heterocycles. The van der Waals surface area contributed by atoms with E-state index in [-0.39, 0.29) is 28.7 Å². The molecule has 0 aromatic carbocycles. The number of aliphatic hydroxyl groups excluding tert-OH is 1. The summed E-state index contributed by atoms with van der Waals surface area (Å²) in [6.07, 6.45) is -4.80. The van der Waals surface area contributed by atoms with Crippen LogP contribution in [0.1, 0.15) is 47.8 Å². The summed E-state index contributed by atoms with van der Waals surface area (Å²) in [5.74, 6) is -1.98. The first-order chi connectivity index (χ1) is 21.9. The zero-order chi connectivity index (χ0) is 35.3. The Morgan fingerprint density at radius 1 is 1.15 bits per heavy atom. The number of carbonyl (C=O) groups is 3. The molecule has 0 radical (unpaired) electrons. The molecule has 264 valence electrons. The topological polar surface area (TPSA) is 258 Å². The highest BCUT2D eigenvalue weighted by Crippen LogP contribution is 2.57. The van der Waals surface area contributed by atoms with Crippen LogP contribution in [0.4, 0.5) is 10.7 Å². The Morgan fingerprint density at radius 2 is 1.79 bits per heavy atom. The average molecular weight is 708 g/mol. The van der Waals surface area contributed by atoms with Crippen LogP contribution in [-0.2, 0) is 37.6 Å². The van der Waals surface area contributed by atoms with Crippen molar-refractivity contribution in [3.05, 3.63) is 6.33 Å². The number of hydrogen-bond donors (Lipinski definition) is 5. The number of nitrogens with two attached hydrogens (primary N) is 1. The van der Waals surface area contributed by atoms with Crippen LogP contribution in [0.15, 0.2) is 6.33 Å². The molecule has 0 spiro atoms. The van der Waals surface area contributed by atoms with Crippen LogP contribution in [0.3, 0.4) is 0 Å². The number of carbonyl (C=O) groups excluding carboxylic acids is 3. The van der Waals surface area contributed by atoms with E-state index in [9.17, 15) is 29.2 Å². The molecule has 1 saturated heterocycles. The van der Waals surface area contributed by atoms with E-state index in [0.717, 1.165) is 7.11 Å². The third-order valence-corrected chi connectivity index (χ3v) is 10.7. The highest BCUT2D eigenvalue weighted by atomic mass is 32.7. The second kappa shape index (κ2) is 15.8. The number of aliphatic hydroxyl groups is 2. The number of aromatic nitrogens is 4. The lowest BCUT2D eigenvalue weighted by Gasteiger charge is -2.27. The molecule has 1 amide bonds. The molecular formula is C26H42N7O12PS. The summed E-state index contributed by atoms with van der Waals surface area (Å²) in [6, 6.07) is -2.49. The highest BCUT2D eigenvalue weighted by Gasteiger charge is 2.54. The Kier molecular flexibility index (Phi) is 12.8. The van der Waals surface area contributed by atoms with Crippen LogP contribution >= 0.6 is 18.1 Å². The number of amides is 1. The number of esters is 2. The van der Waals surface area contributed by atoms with E-state index in [1.54, 1.807) is 27.7 Å². The first-order valence-corrected chi connectivity index (χ1v) is 17.7. The second-order valence-corrected chi connectivity index (χ2v) is 15.5. The minimum Gasteiger partial charge on any atom is -0.479 e. The van der Waals surface area contributed by atoms with Crippen molar-refractivity contribution in [1.82, 2.24) is 29.9 Å². The van der Waals surface area contributed by atoms with Crippen LogP contribution in [0.2, 0.25) is 0 Å². The minimum atomic E-state index is -4.19. The van der Waals surface area contributed by atoms with Crippen LogP contribution < -0.4 is 20.9 Å². The molecule has 2 aromatic rings. The normalized spacial score (nSPS) is 23.7. The van der Waals surface area contributed by atoms with E-state index >= 15 is 0 Å². The molecule has 0 aliphatic carbocycles. The van der Waals surface area contributed by atoms with Crippen molar-refractivity contribution in [3.8, 4) is 5.88 Å². The van der Waals surface area contributed by atoms with Gasteiger partial charge in [-0.2, -0.15) is 9.97 Å². The van der Waals surface area contributed by atoms with E-state index in [2.05, 4.69) is 30.1 Å². The Balaban J connectivity index is 1.86. The molecule has 3 unspecified atom stereocenters. The quantitative estimate of drug-likeness (QED) is 0.0978. The van der Waals surface area contributed by atoms with Crippen LogP contribution in [-0.4, -0.2) is 116 Å². The van der Waals surface area contributed by atoms with Gasteiger partial charge in [0.25, 0.3) is 0 Å². The highest BCUT2D eigenvalue weighted by molar-refractivity contribution is 8.56. The average Bonchev–Trinajstić information content (AvgIpc) is 3.49. The Labute approximate surface area is 274 Å². The van der Waals surface area contributed by atoms with Crippen LogP contribution in [0.5, 0.6) is 5.88 Å². The van der Waals surface area contributed by atoms with Gasteiger partial charge in [0.15, 0.2) is 17.4 Å². The maximum absolute atomic E-state index is 14.2. The van der Waals surface area contributed by atoms with Crippen molar-refractivity contribution < 1.29 is 57.4 Å². The van der Waals surface area contributed by atoms with Gasteiger partial charge in [-0.15, -0.1) is 0 Å². The van der Waals surface area contributed by atoms with Crippen molar-refractivity contribution in [3.63, 3.8) is 0 Å². The van der Waals surface area contributed by atoms with Gasteiger partial charge < -0.3 is 49.5 Å². The summed E-state index contributed by atoms with van der Waals surface area (Å²) < 4.78 is 47.5. The molecule has 6 N–H and O–H groups in total. The summed E-state index contributed by atoms with van der Waals surface area (Å²) in [5, 5.41) is 27.4. The third kappa shape index (κ3) is 9.43. The second-order valence-electron chi connectivity index (χ2n) is 11.2. The number of anilines is 1. The molecule has 0 bridgehead atoms. The Hall–Kier alpha value is -3.26. The molecule has 7 atom stereocenters. The van der Waals surface area contributed by atoms with E-state index in [1.807, 2.05) is 0 Å². The van der Waals surface area contributed by atoms with E-state index in [4.69, 9.17) is 29.2 Å². The molecule has 2 aromatic heterocycles. The Bertz CT molecular complexity index is 1480. The third-order valence-electron chi connectivity index (χ3n) is 6.60. The zero-order valence-electron chi connectivity index (χ0n) is 27.2. The van der Waals surface area contributed by atoms with Gasteiger partial charge in [0.2, 0.25) is 11.8 Å². The molecule has 21 heteroatoms. The molecule has 3 rings (SSSR count). The fraction of sp³-hybridized carbons (Fsp3) is 0.692. The SMILES string of the molecule is COC(=O)NC(CSP(=O)(NC(C)C(=O)OC(C)C)OC[C@H]1O[C@@H](n2cnc3c(OC)nc(N)nc32)[C@](C)(O)[C@@H]1O)C(=O)OC(C)C. The predicted molar refractivity (Wildman–Crippen MR) is 167 cm³/mol. The molecule has 0 saturated carbocycles. The van der Waals surface area contributed by atoms with Gasteiger partial charge in [0.1, 0.15) is 29.9 Å². The van der Waals surface area contributed by atoms with E-state index in [0.29, 0.717) is 11.4 Å². The summed E-state index contributed by atoms with van der Waals surface area (Å²) in [7, 11) is 2.47. The maximum atomic E-state index is 14.2.